The van der Waals surface area contributed by atoms with Gasteiger partial charge in [-0.3, -0.25) is 9.59 Å². The van der Waals surface area contributed by atoms with Crippen LogP contribution in [0, 0.1) is 6.92 Å². The van der Waals surface area contributed by atoms with Crippen LogP contribution < -0.4 is 10.1 Å². The van der Waals surface area contributed by atoms with Crippen molar-refractivity contribution in [1.29, 1.82) is 0 Å². The monoisotopic (exact) mass is 453 g/mol. The fourth-order valence-electron chi connectivity index (χ4n) is 4.93. The van der Waals surface area contributed by atoms with Gasteiger partial charge >= 0.3 is 0 Å². The molecule has 0 saturated carbocycles. The Morgan fingerprint density at radius 2 is 1.85 bits per heavy atom. The minimum atomic E-state index is -0.663. The average molecular weight is 454 g/mol. The first kappa shape index (κ1) is 21.8. The van der Waals surface area contributed by atoms with Crippen LogP contribution in [0.4, 0.5) is 0 Å². The third kappa shape index (κ3) is 3.61. The largest absolute Gasteiger partial charge is 0.497 e. The lowest BCUT2D eigenvalue weighted by molar-refractivity contribution is -0.125. The Morgan fingerprint density at radius 1 is 1.09 bits per heavy atom. The number of hydrogen-bond donors (Lipinski definition) is 2. The van der Waals surface area contributed by atoms with Gasteiger partial charge in [-0.25, -0.2) is 0 Å². The van der Waals surface area contributed by atoms with Crippen molar-refractivity contribution in [3.05, 3.63) is 101 Å². The fourth-order valence-corrected chi connectivity index (χ4v) is 4.93. The standard InChI is InChI=1S/C28H27N3O3/c1-17-25(23-13-6-7-14-24(23)30-17)26-21-11-4-5-12-22(21)28(33)31(26)18(2)27(32)29-16-19-9-8-10-20(15-19)34-3/h4-15,18,26,30H,16H2,1-3H3,(H,29,32)/t18-,26-/m0/s1. The topological polar surface area (TPSA) is 74.4 Å². The molecule has 1 aromatic heterocycles. The van der Waals surface area contributed by atoms with Crippen molar-refractivity contribution in [2.75, 3.05) is 7.11 Å². The number of aryl methyl sites for hydroxylation is 1. The molecule has 3 aromatic carbocycles. The number of methoxy groups -OCH3 is 1. The smallest absolute Gasteiger partial charge is 0.255 e. The van der Waals surface area contributed by atoms with Gasteiger partial charge in [-0.2, -0.15) is 0 Å². The lowest BCUT2D eigenvalue weighted by atomic mass is 9.95. The molecule has 4 aromatic rings. The molecule has 2 N–H and O–H groups in total. The second-order valence-electron chi connectivity index (χ2n) is 8.66. The molecule has 1 aliphatic rings. The molecular weight excluding hydrogens is 426 g/mol. The van der Waals surface area contributed by atoms with E-state index < -0.39 is 6.04 Å². The highest BCUT2D eigenvalue weighted by atomic mass is 16.5. The molecule has 0 aliphatic carbocycles. The maximum atomic E-state index is 13.6. The van der Waals surface area contributed by atoms with Crippen molar-refractivity contribution >= 4 is 22.7 Å². The molecule has 2 heterocycles. The van der Waals surface area contributed by atoms with Crippen molar-refractivity contribution < 1.29 is 14.3 Å². The highest BCUT2D eigenvalue weighted by Gasteiger charge is 2.43. The lowest BCUT2D eigenvalue weighted by Gasteiger charge is -2.31. The van der Waals surface area contributed by atoms with Crippen molar-refractivity contribution in [3.8, 4) is 5.75 Å². The van der Waals surface area contributed by atoms with Gasteiger partial charge in [0, 0.05) is 34.3 Å². The van der Waals surface area contributed by atoms with Crippen molar-refractivity contribution in [2.45, 2.75) is 32.5 Å². The SMILES string of the molecule is COc1cccc(CNC(=O)[C@H](C)N2C(=O)c3ccccc3[C@H]2c2c(C)[nH]c3ccccc23)c1. The van der Waals surface area contributed by atoms with Crippen LogP contribution in [0.25, 0.3) is 10.9 Å². The van der Waals surface area contributed by atoms with Gasteiger partial charge in [0.1, 0.15) is 11.8 Å². The number of fused-ring (bicyclic) bond motifs is 2. The second kappa shape index (κ2) is 8.71. The number of rotatable bonds is 6. The molecule has 2 atom stereocenters. The van der Waals surface area contributed by atoms with E-state index in [1.54, 1.807) is 18.9 Å². The summed E-state index contributed by atoms with van der Waals surface area (Å²) < 4.78 is 5.27. The van der Waals surface area contributed by atoms with Gasteiger partial charge < -0.3 is 19.9 Å². The van der Waals surface area contributed by atoms with E-state index in [1.807, 2.05) is 73.7 Å². The number of aromatic amines is 1. The number of ether oxygens (including phenoxy) is 1. The lowest BCUT2D eigenvalue weighted by Crippen LogP contribution is -2.46. The number of nitrogens with zero attached hydrogens (tertiary/aromatic N) is 1. The van der Waals surface area contributed by atoms with Crippen LogP contribution in [0.2, 0.25) is 0 Å². The molecule has 0 fully saturated rings. The van der Waals surface area contributed by atoms with Gasteiger partial charge in [-0.15, -0.1) is 0 Å². The zero-order valence-corrected chi connectivity index (χ0v) is 19.5. The molecule has 0 radical (unpaired) electrons. The van der Waals surface area contributed by atoms with Gasteiger partial charge in [0.25, 0.3) is 5.91 Å². The molecule has 0 spiro atoms. The maximum absolute atomic E-state index is 13.6. The predicted octanol–water partition coefficient (Wildman–Crippen LogP) is 4.74. The molecular formula is C28H27N3O3. The normalized spacial score (nSPS) is 15.9. The van der Waals surface area contributed by atoms with E-state index >= 15 is 0 Å². The molecule has 0 bridgehead atoms. The van der Waals surface area contributed by atoms with E-state index in [2.05, 4.69) is 16.4 Å². The van der Waals surface area contributed by atoms with Crippen molar-refractivity contribution in [1.82, 2.24) is 15.2 Å². The van der Waals surface area contributed by atoms with E-state index in [-0.39, 0.29) is 17.9 Å². The van der Waals surface area contributed by atoms with E-state index in [0.717, 1.165) is 39.0 Å². The Morgan fingerprint density at radius 3 is 2.68 bits per heavy atom. The van der Waals surface area contributed by atoms with Crippen LogP contribution in [-0.2, 0) is 11.3 Å². The number of para-hydroxylation sites is 1. The van der Waals surface area contributed by atoms with Crippen LogP contribution in [0.1, 0.15) is 45.7 Å². The fraction of sp³-hybridized carbons (Fsp3) is 0.214. The summed E-state index contributed by atoms with van der Waals surface area (Å²) in [5, 5.41) is 4.05. The molecule has 0 unspecified atom stereocenters. The van der Waals surface area contributed by atoms with Crippen LogP contribution in [-0.4, -0.2) is 34.8 Å². The van der Waals surface area contributed by atoms with Gasteiger partial charge in [0.05, 0.1) is 13.2 Å². The average Bonchev–Trinajstić information content (AvgIpc) is 3.35. The minimum Gasteiger partial charge on any atom is -0.497 e. The zero-order chi connectivity index (χ0) is 23.8. The molecule has 6 nitrogen and oxygen atoms in total. The first-order chi connectivity index (χ1) is 16.5. The van der Waals surface area contributed by atoms with Crippen LogP contribution in [0.15, 0.2) is 72.8 Å². The van der Waals surface area contributed by atoms with E-state index in [0.29, 0.717) is 12.1 Å². The van der Waals surface area contributed by atoms with Gasteiger partial charge in [-0.1, -0.05) is 48.5 Å². The Hall–Kier alpha value is -4.06. The van der Waals surface area contributed by atoms with Crippen LogP contribution >= 0.6 is 0 Å². The Balaban J connectivity index is 1.49. The summed E-state index contributed by atoms with van der Waals surface area (Å²) in [6.45, 7) is 4.17. The molecule has 34 heavy (non-hydrogen) atoms. The summed E-state index contributed by atoms with van der Waals surface area (Å²) >= 11 is 0. The summed E-state index contributed by atoms with van der Waals surface area (Å²) in [7, 11) is 1.61. The number of benzene rings is 3. The summed E-state index contributed by atoms with van der Waals surface area (Å²) in [5.41, 5.74) is 5.53. The number of nitrogens with one attached hydrogen (secondary N) is 2. The van der Waals surface area contributed by atoms with Crippen LogP contribution in [0.5, 0.6) is 5.75 Å². The quantitative estimate of drug-likeness (QED) is 0.443. The first-order valence-electron chi connectivity index (χ1n) is 11.4. The Kier molecular flexibility index (Phi) is 5.57. The van der Waals surface area contributed by atoms with Gasteiger partial charge in [0.15, 0.2) is 0 Å². The Labute approximate surface area is 198 Å². The molecule has 5 rings (SSSR count). The number of amides is 2. The number of H-pyrrole nitrogens is 1. The number of hydrogen-bond acceptors (Lipinski definition) is 3. The third-order valence-corrected chi connectivity index (χ3v) is 6.61. The van der Waals surface area contributed by atoms with E-state index in [9.17, 15) is 9.59 Å². The van der Waals surface area contributed by atoms with Crippen molar-refractivity contribution in [3.63, 3.8) is 0 Å². The zero-order valence-electron chi connectivity index (χ0n) is 19.5. The Bertz CT molecular complexity index is 1390. The van der Waals surface area contributed by atoms with E-state index in [1.165, 1.54) is 0 Å². The molecule has 1 aliphatic heterocycles. The summed E-state index contributed by atoms with van der Waals surface area (Å²) in [4.78, 5) is 32.0. The van der Waals surface area contributed by atoms with Gasteiger partial charge in [0.2, 0.25) is 5.91 Å². The number of carbonyl (C=O) groups excluding carboxylic acids is 2. The highest BCUT2D eigenvalue weighted by Crippen LogP contribution is 2.43. The molecule has 6 heteroatoms. The third-order valence-electron chi connectivity index (χ3n) is 6.61. The highest BCUT2D eigenvalue weighted by molar-refractivity contribution is 6.03. The number of carbonyl (C=O) groups is 2. The van der Waals surface area contributed by atoms with Crippen LogP contribution in [0.3, 0.4) is 0 Å². The van der Waals surface area contributed by atoms with Crippen molar-refractivity contribution in [2.24, 2.45) is 0 Å². The summed E-state index contributed by atoms with van der Waals surface area (Å²) in [6.07, 6.45) is 0. The second-order valence-corrected chi connectivity index (χ2v) is 8.66. The minimum absolute atomic E-state index is 0.130. The molecule has 0 saturated heterocycles. The predicted molar refractivity (Wildman–Crippen MR) is 132 cm³/mol. The first-order valence-corrected chi connectivity index (χ1v) is 11.4. The number of aromatic nitrogens is 1. The summed E-state index contributed by atoms with van der Waals surface area (Å²) in [5.74, 6) is 0.403. The van der Waals surface area contributed by atoms with E-state index in [4.69, 9.17) is 4.74 Å². The molecule has 2 amide bonds. The molecule has 172 valence electrons. The summed E-state index contributed by atoms with van der Waals surface area (Å²) in [6, 6.07) is 22.3. The maximum Gasteiger partial charge on any atom is 0.255 e. The van der Waals surface area contributed by atoms with Gasteiger partial charge in [-0.05, 0) is 49.2 Å².